The van der Waals surface area contributed by atoms with Crippen molar-refractivity contribution in [1.29, 1.82) is 0 Å². The van der Waals surface area contributed by atoms with E-state index in [1.165, 1.54) is 0 Å². The number of rotatable bonds is 4. The summed E-state index contributed by atoms with van der Waals surface area (Å²) in [6, 6.07) is 0. The second-order valence-electron chi connectivity index (χ2n) is 4.17. The molecule has 0 aliphatic rings. The summed E-state index contributed by atoms with van der Waals surface area (Å²) in [5.74, 6) is 0.0195. The maximum Gasteiger partial charge on any atom is 0.323 e. The molecular formula is C10H17N3O2. The zero-order valence-electron chi connectivity index (χ0n) is 9.56. The highest BCUT2D eigenvalue weighted by atomic mass is 16.4. The van der Waals surface area contributed by atoms with Crippen LogP contribution < -0.4 is 0 Å². The van der Waals surface area contributed by atoms with Gasteiger partial charge in [-0.2, -0.15) is 0 Å². The predicted molar refractivity (Wildman–Crippen MR) is 56.4 cm³/mol. The molecule has 84 valence electrons. The third kappa shape index (κ3) is 2.36. The van der Waals surface area contributed by atoms with Crippen LogP contribution in [0.4, 0.5) is 0 Å². The summed E-state index contributed by atoms with van der Waals surface area (Å²) in [5.41, 5.74) is -0.883. The fraction of sp³-hybridized carbons (Fsp3) is 0.600. The molecule has 0 unspecified atom stereocenters. The van der Waals surface area contributed by atoms with E-state index in [4.69, 9.17) is 5.11 Å². The maximum absolute atomic E-state index is 11.0. The van der Waals surface area contributed by atoms with Gasteiger partial charge >= 0.3 is 5.97 Å². The molecule has 0 saturated carbocycles. The molecule has 1 rings (SSSR count). The van der Waals surface area contributed by atoms with E-state index in [0.29, 0.717) is 6.54 Å². The van der Waals surface area contributed by atoms with Gasteiger partial charge in [-0.1, -0.05) is 0 Å². The molecule has 0 aliphatic carbocycles. The summed E-state index contributed by atoms with van der Waals surface area (Å²) in [5, 5.41) is 9.04. The lowest BCUT2D eigenvalue weighted by molar-refractivity contribution is -0.148. The van der Waals surface area contributed by atoms with Gasteiger partial charge in [0.2, 0.25) is 0 Å². The number of carboxylic acid groups (broad SMARTS) is 1. The van der Waals surface area contributed by atoms with E-state index in [0.717, 1.165) is 5.82 Å². The molecule has 1 aromatic heterocycles. The molecule has 0 radical (unpaired) electrons. The Labute approximate surface area is 89.3 Å². The van der Waals surface area contributed by atoms with Crippen molar-refractivity contribution in [2.45, 2.75) is 25.9 Å². The van der Waals surface area contributed by atoms with Crippen LogP contribution in [0.2, 0.25) is 0 Å². The van der Waals surface area contributed by atoms with E-state index >= 15 is 0 Å². The van der Waals surface area contributed by atoms with Gasteiger partial charge in [-0.25, -0.2) is 4.98 Å². The Morgan fingerprint density at radius 1 is 1.67 bits per heavy atom. The normalized spacial score (nSPS) is 12.1. The zero-order valence-corrected chi connectivity index (χ0v) is 9.56. The first-order valence-corrected chi connectivity index (χ1v) is 4.76. The third-order valence-corrected chi connectivity index (χ3v) is 2.78. The lowest BCUT2D eigenvalue weighted by Gasteiger charge is -2.30. The zero-order chi connectivity index (χ0) is 11.6. The van der Waals surface area contributed by atoms with Crippen LogP contribution in [0, 0.1) is 0 Å². The van der Waals surface area contributed by atoms with E-state index in [9.17, 15) is 4.79 Å². The molecule has 1 heterocycles. The van der Waals surface area contributed by atoms with E-state index < -0.39 is 11.5 Å². The second kappa shape index (κ2) is 4.02. The van der Waals surface area contributed by atoms with Crippen molar-refractivity contribution in [2.75, 3.05) is 7.05 Å². The van der Waals surface area contributed by atoms with Crippen molar-refractivity contribution in [1.82, 2.24) is 14.5 Å². The smallest absolute Gasteiger partial charge is 0.323 e. The van der Waals surface area contributed by atoms with Crippen LogP contribution in [-0.4, -0.2) is 38.1 Å². The Kier molecular flexibility index (Phi) is 3.14. The molecular weight excluding hydrogens is 194 g/mol. The summed E-state index contributed by atoms with van der Waals surface area (Å²) in [6.45, 7) is 3.87. The van der Waals surface area contributed by atoms with Gasteiger partial charge in [-0.15, -0.1) is 0 Å². The molecule has 0 aliphatic heterocycles. The van der Waals surface area contributed by atoms with Gasteiger partial charge in [0.15, 0.2) is 0 Å². The van der Waals surface area contributed by atoms with Crippen LogP contribution in [0.3, 0.4) is 0 Å². The lowest BCUT2D eigenvalue weighted by atomic mass is 10.0. The SMILES string of the molecule is CN(Cc1nccn1C)C(C)(C)C(=O)O. The van der Waals surface area contributed by atoms with Gasteiger partial charge in [0.05, 0.1) is 6.54 Å². The molecule has 15 heavy (non-hydrogen) atoms. The van der Waals surface area contributed by atoms with Gasteiger partial charge in [0.1, 0.15) is 11.4 Å². The summed E-state index contributed by atoms with van der Waals surface area (Å²) in [7, 11) is 3.67. The monoisotopic (exact) mass is 211 g/mol. The standard InChI is InChI=1S/C10H17N3O2/c1-10(2,9(14)15)13(4)7-8-11-5-6-12(8)3/h5-6H,7H2,1-4H3,(H,14,15). The Hall–Kier alpha value is -1.36. The maximum atomic E-state index is 11.0. The Morgan fingerprint density at radius 2 is 2.27 bits per heavy atom. The van der Waals surface area contributed by atoms with Gasteiger partial charge in [-0.3, -0.25) is 9.69 Å². The number of aliphatic carboxylic acids is 1. The molecule has 0 fully saturated rings. The molecule has 0 bridgehead atoms. The van der Waals surface area contributed by atoms with Crippen molar-refractivity contribution >= 4 is 5.97 Å². The van der Waals surface area contributed by atoms with Crippen LogP contribution in [-0.2, 0) is 18.4 Å². The molecule has 1 aromatic rings. The predicted octanol–water partition coefficient (Wildman–Crippen LogP) is 0.715. The average molecular weight is 211 g/mol. The fourth-order valence-corrected chi connectivity index (χ4v) is 1.12. The highest BCUT2D eigenvalue weighted by Crippen LogP contribution is 2.14. The minimum Gasteiger partial charge on any atom is -0.480 e. The number of carboxylic acids is 1. The highest BCUT2D eigenvalue weighted by Gasteiger charge is 2.32. The molecule has 5 nitrogen and oxygen atoms in total. The summed E-state index contributed by atoms with van der Waals surface area (Å²) >= 11 is 0. The van der Waals surface area contributed by atoms with Crippen LogP contribution in [0.15, 0.2) is 12.4 Å². The molecule has 0 atom stereocenters. The minimum atomic E-state index is -0.883. The van der Waals surface area contributed by atoms with Gasteiger partial charge in [0.25, 0.3) is 0 Å². The van der Waals surface area contributed by atoms with Gasteiger partial charge in [-0.05, 0) is 20.9 Å². The van der Waals surface area contributed by atoms with Crippen LogP contribution in [0.1, 0.15) is 19.7 Å². The number of hydrogen-bond acceptors (Lipinski definition) is 3. The Balaban J connectivity index is 2.76. The molecule has 5 heteroatoms. The quantitative estimate of drug-likeness (QED) is 0.797. The number of aromatic nitrogens is 2. The third-order valence-electron chi connectivity index (χ3n) is 2.78. The van der Waals surface area contributed by atoms with E-state index in [1.54, 1.807) is 32.0 Å². The van der Waals surface area contributed by atoms with Gasteiger partial charge in [0, 0.05) is 19.4 Å². The molecule has 0 amide bonds. The summed E-state index contributed by atoms with van der Waals surface area (Å²) in [4.78, 5) is 16.9. The van der Waals surface area contributed by atoms with Crippen LogP contribution >= 0.6 is 0 Å². The number of likely N-dealkylation sites (N-methyl/N-ethyl adjacent to an activating group) is 1. The minimum absolute atomic E-state index is 0.517. The number of nitrogens with zero attached hydrogens (tertiary/aromatic N) is 3. The van der Waals surface area contributed by atoms with E-state index in [-0.39, 0.29) is 0 Å². The first-order chi connectivity index (χ1) is 6.85. The highest BCUT2D eigenvalue weighted by molar-refractivity contribution is 5.77. The van der Waals surface area contributed by atoms with Crippen molar-refractivity contribution in [2.24, 2.45) is 7.05 Å². The second-order valence-corrected chi connectivity index (χ2v) is 4.17. The Morgan fingerprint density at radius 3 is 2.67 bits per heavy atom. The average Bonchev–Trinajstić information content (AvgIpc) is 2.51. The molecule has 0 aromatic carbocycles. The van der Waals surface area contributed by atoms with Crippen molar-refractivity contribution in [3.63, 3.8) is 0 Å². The first kappa shape index (κ1) is 11.7. The molecule has 1 N–H and O–H groups in total. The molecule has 0 spiro atoms. The van der Waals surface area contributed by atoms with E-state index in [2.05, 4.69) is 4.98 Å². The van der Waals surface area contributed by atoms with Crippen LogP contribution in [0.25, 0.3) is 0 Å². The fourth-order valence-electron chi connectivity index (χ4n) is 1.12. The molecule has 0 saturated heterocycles. The number of hydrogen-bond donors (Lipinski definition) is 1. The lowest BCUT2D eigenvalue weighted by Crippen LogP contribution is -2.47. The number of aryl methyl sites for hydroxylation is 1. The van der Waals surface area contributed by atoms with Crippen molar-refractivity contribution in [3.05, 3.63) is 18.2 Å². The number of carbonyl (C=O) groups is 1. The summed E-state index contributed by atoms with van der Waals surface area (Å²) < 4.78 is 1.88. The largest absolute Gasteiger partial charge is 0.480 e. The van der Waals surface area contributed by atoms with E-state index in [1.807, 2.05) is 17.8 Å². The number of imidazole rings is 1. The first-order valence-electron chi connectivity index (χ1n) is 4.76. The van der Waals surface area contributed by atoms with Crippen molar-refractivity contribution < 1.29 is 9.90 Å². The van der Waals surface area contributed by atoms with Gasteiger partial charge < -0.3 is 9.67 Å². The van der Waals surface area contributed by atoms with Crippen molar-refractivity contribution in [3.8, 4) is 0 Å². The van der Waals surface area contributed by atoms with Crippen LogP contribution in [0.5, 0.6) is 0 Å². The summed E-state index contributed by atoms with van der Waals surface area (Å²) in [6.07, 6.45) is 3.55. The Bertz CT molecular complexity index is 357. The topological polar surface area (TPSA) is 58.4 Å².